The Kier molecular flexibility index (Phi) is 11.4. The zero-order valence-electron chi connectivity index (χ0n) is 17.0. The van der Waals surface area contributed by atoms with Gasteiger partial charge in [-0.25, -0.2) is 0 Å². The van der Waals surface area contributed by atoms with Crippen molar-refractivity contribution in [1.29, 1.82) is 0 Å². The average molecular weight is 447 g/mol. The Labute approximate surface area is 186 Å². The predicted molar refractivity (Wildman–Crippen MR) is 127 cm³/mol. The molecule has 30 heavy (non-hydrogen) atoms. The standard InChI is InChI=1S/C22H30N4O2S2/c23-19(15-17-7-3-1-4-8-17)21(27)25-11-13-29-30-14-12-26-22(28)20(24)16-18-9-5-2-6-10-18/h1-10,19-20H,11-16,23-24H2,(H,25,27)(H,26,28). The van der Waals surface area contributed by atoms with Crippen molar-refractivity contribution in [1.82, 2.24) is 10.6 Å². The third-order valence-corrected chi connectivity index (χ3v) is 6.73. The smallest absolute Gasteiger partial charge is 0.237 e. The Morgan fingerprint density at radius 2 is 1.07 bits per heavy atom. The van der Waals surface area contributed by atoms with E-state index in [9.17, 15) is 9.59 Å². The van der Waals surface area contributed by atoms with Crippen molar-refractivity contribution in [2.75, 3.05) is 24.6 Å². The SMILES string of the molecule is NC(Cc1ccccc1)C(=O)NCCSSCCNC(=O)C(N)Cc1ccccc1. The van der Waals surface area contributed by atoms with Crippen LogP contribution in [0.2, 0.25) is 0 Å². The summed E-state index contributed by atoms with van der Waals surface area (Å²) in [5.41, 5.74) is 14.0. The van der Waals surface area contributed by atoms with Crippen molar-refractivity contribution >= 4 is 33.4 Å². The molecule has 2 unspecified atom stereocenters. The molecule has 2 amide bonds. The van der Waals surface area contributed by atoms with Crippen molar-refractivity contribution in [3.8, 4) is 0 Å². The van der Waals surface area contributed by atoms with E-state index in [2.05, 4.69) is 10.6 Å². The lowest BCUT2D eigenvalue weighted by Gasteiger charge is -2.13. The number of nitrogens with two attached hydrogens (primary N) is 2. The number of benzene rings is 2. The first-order valence-electron chi connectivity index (χ1n) is 9.95. The number of carbonyl (C=O) groups is 2. The Hall–Kier alpha value is -2.00. The van der Waals surface area contributed by atoms with Gasteiger partial charge in [-0.15, -0.1) is 0 Å². The summed E-state index contributed by atoms with van der Waals surface area (Å²) in [5.74, 6) is 1.28. The number of nitrogens with one attached hydrogen (secondary N) is 2. The van der Waals surface area contributed by atoms with Gasteiger partial charge in [-0.05, 0) is 24.0 Å². The highest BCUT2D eigenvalue weighted by Crippen LogP contribution is 2.19. The van der Waals surface area contributed by atoms with E-state index in [4.69, 9.17) is 11.5 Å². The van der Waals surface area contributed by atoms with E-state index in [0.717, 1.165) is 22.6 Å². The second-order valence-electron chi connectivity index (χ2n) is 6.82. The summed E-state index contributed by atoms with van der Waals surface area (Å²) in [7, 11) is 3.30. The molecule has 162 valence electrons. The fraction of sp³-hybridized carbons (Fsp3) is 0.364. The predicted octanol–water partition coefficient (Wildman–Crippen LogP) is 1.74. The number of hydrogen-bond acceptors (Lipinski definition) is 6. The van der Waals surface area contributed by atoms with Gasteiger partial charge < -0.3 is 22.1 Å². The van der Waals surface area contributed by atoms with Crippen LogP contribution in [0.25, 0.3) is 0 Å². The van der Waals surface area contributed by atoms with E-state index in [0.29, 0.717) is 25.9 Å². The topological polar surface area (TPSA) is 110 Å². The molecule has 0 heterocycles. The Balaban J connectivity index is 1.47. The van der Waals surface area contributed by atoms with Gasteiger partial charge >= 0.3 is 0 Å². The average Bonchev–Trinajstić information content (AvgIpc) is 2.76. The molecular formula is C22H30N4O2S2. The number of rotatable bonds is 13. The maximum Gasteiger partial charge on any atom is 0.237 e. The Bertz CT molecular complexity index is 697. The zero-order valence-corrected chi connectivity index (χ0v) is 18.6. The summed E-state index contributed by atoms with van der Waals surface area (Å²) in [6, 6.07) is 18.4. The van der Waals surface area contributed by atoms with Crippen molar-refractivity contribution in [2.24, 2.45) is 11.5 Å². The third-order valence-electron chi connectivity index (χ3n) is 4.32. The van der Waals surface area contributed by atoms with Gasteiger partial charge in [-0.3, -0.25) is 9.59 Å². The van der Waals surface area contributed by atoms with Crippen LogP contribution in [0.15, 0.2) is 60.7 Å². The fourth-order valence-electron chi connectivity index (χ4n) is 2.73. The zero-order chi connectivity index (χ0) is 21.6. The van der Waals surface area contributed by atoms with Gasteiger partial charge in [0, 0.05) is 24.6 Å². The molecule has 0 saturated carbocycles. The molecule has 0 aliphatic carbocycles. The van der Waals surface area contributed by atoms with E-state index >= 15 is 0 Å². The molecule has 0 saturated heterocycles. The summed E-state index contributed by atoms with van der Waals surface area (Å²) >= 11 is 0. The molecule has 2 atom stereocenters. The van der Waals surface area contributed by atoms with Gasteiger partial charge in [0.1, 0.15) is 0 Å². The van der Waals surface area contributed by atoms with Crippen LogP contribution in [-0.2, 0) is 22.4 Å². The van der Waals surface area contributed by atoms with Crippen molar-refractivity contribution < 1.29 is 9.59 Å². The molecule has 2 aromatic rings. The van der Waals surface area contributed by atoms with Crippen LogP contribution >= 0.6 is 21.6 Å². The first-order chi connectivity index (χ1) is 14.6. The minimum absolute atomic E-state index is 0.135. The van der Waals surface area contributed by atoms with E-state index in [1.807, 2.05) is 60.7 Å². The van der Waals surface area contributed by atoms with Crippen molar-refractivity contribution in [2.45, 2.75) is 24.9 Å². The van der Waals surface area contributed by atoms with Crippen LogP contribution in [-0.4, -0.2) is 48.5 Å². The summed E-state index contributed by atoms with van der Waals surface area (Å²) in [6.07, 6.45) is 1.06. The minimum atomic E-state index is -0.541. The lowest BCUT2D eigenvalue weighted by atomic mass is 10.1. The monoisotopic (exact) mass is 446 g/mol. The van der Waals surface area contributed by atoms with Crippen molar-refractivity contribution in [3.05, 3.63) is 71.8 Å². The Morgan fingerprint density at radius 3 is 1.43 bits per heavy atom. The first kappa shape index (κ1) is 24.3. The largest absolute Gasteiger partial charge is 0.354 e. The summed E-state index contributed by atoms with van der Waals surface area (Å²) in [4.78, 5) is 24.1. The molecule has 2 rings (SSSR count). The van der Waals surface area contributed by atoms with Gasteiger partial charge in [0.2, 0.25) is 11.8 Å². The number of carbonyl (C=O) groups excluding carboxylic acids is 2. The normalized spacial score (nSPS) is 12.7. The van der Waals surface area contributed by atoms with Crippen LogP contribution in [0.3, 0.4) is 0 Å². The van der Waals surface area contributed by atoms with Crippen LogP contribution in [0.4, 0.5) is 0 Å². The Morgan fingerprint density at radius 1 is 0.700 bits per heavy atom. The molecule has 0 fully saturated rings. The second kappa shape index (κ2) is 14.1. The van der Waals surface area contributed by atoms with E-state index in [1.54, 1.807) is 21.6 Å². The summed E-state index contributed by atoms with van der Waals surface area (Å²) in [5, 5.41) is 5.73. The van der Waals surface area contributed by atoms with Crippen molar-refractivity contribution in [3.63, 3.8) is 0 Å². The molecule has 0 aliphatic heterocycles. The molecule has 6 N–H and O–H groups in total. The fourth-order valence-corrected chi connectivity index (χ4v) is 4.55. The highest BCUT2D eigenvalue weighted by Gasteiger charge is 2.14. The second-order valence-corrected chi connectivity index (χ2v) is 9.52. The molecule has 2 aromatic carbocycles. The number of hydrogen-bond donors (Lipinski definition) is 4. The summed E-state index contributed by atoms with van der Waals surface area (Å²) in [6.45, 7) is 1.13. The van der Waals surface area contributed by atoms with E-state index in [-0.39, 0.29) is 11.8 Å². The molecule has 0 aromatic heterocycles. The maximum absolute atomic E-state index is 12.0. The van der Waals surface area contributed by atoms with Crippen LogP contribution in [0.5, 0.6) is 0 Å². The molecule has 6 nitrogen and oxygen atoms in total. The first-order valence-corrected chi connectivity index (χ1v) is 12.4. The lowest BCUT2D eigenvalue weighted by Crippen LogP contribution is -2.42. The highest BCUT2D eigenvalue weighted by atomic mass is 33.1. The molecule has 0 bridgehead atoms. The van der Waals surface area contributed by atoms with Gasteiger partial charge in [-0.2, -0.15) is 0 Å². The quantitative estimate of drug-likeness (QED) is 0.276. The van der Waals surface area contributed by atoms with Gasteiger partial charge in [0.25, 0.3) is 0 Å². The van der Waals surface area contributed by atoms with Crippen LogP contribution in [0, 0.1) is 0 Å². The van der Waals surface area contributed by atoms with Gasteiger partial charge in [0.15, 0.2) is 0 Å². The van der Waals surface area contributed by atoms with Gasteiger partial charge in [0.05, 0.1) is 12.1 Å². The van der Waals surface area contributed by atoms with Crippen LogP contribution in [0.1, 0.15) is 11.1 Å². The van der Waals surface area contributed by atoms with E-state index in [1.165, 1.54) is 0 Å². The third kappa shape index (κ3) is 9.67. The highest BCUT2D eigenvalue weighted by molar-refractivity contribution is 8.76. The number of amides is 2. The molecule has 0 aliphatic rings. The van der Waals surface area contributed by atoms with Gasteiger partial charge in [-0.1, -0.05) is 82.3 Å². The lowest BCUT2D eigenvalue weighted by molar-refractivity contribution is -0.123. The molecule has 0 radical (unpaired) electrons. The minimum Gasteiger partial charge on any atom is -0.354 e. The maximum atomic E-state index is 12.0. The molecular weight excluding hydrogens is 416 g/mol. The summed E-state index contributed by atoms with van der Waals surface area (Å²) < 4.78 is 0. The molecule has 0 spiro atoms. The molecule has 8 heteroatoms. The van der Waals surface area contributed by atoms with Crippen LogP contribution < -0.4 is 22.1 Å². The van der Waals surface area contributed by atoms with E-state index < -0.39 is 12.1 Å².